The van der Waals surface area contributed by atoms with Crippen molar-refractivity contribution in [1.82, 2.24) is 15.4 Å². The molecular weight excluding hydrogens is 494 g/mol. The number of pyridine rings is 1. The number of hydrogen-bond acceptors (Lipinski definition) is 7. The zero-order valence-electron chi connectivity index (χ0n) is 22.7. The van der Waals surface area contributed by atoms with Crippen molar-refractivity contribution < 1.29 is 19.1 Å². The number of carbonyl (C=O) groups excluding carboxylic acids is 2. The number of rotatable bonds is 8. The number of methoxy groups -OCH3 is 1. The molecule has 0 saturated carbocycles. The monoisotopic (exact) mass is 527 g/mol. The van der Waals surface area contributed by atoms with E-state index in [1.807, 2.05) is 56.3 Å². The van der Waals surface area contributed by atoms with Crippen LogP contribution in [0.5, 0.6) is 11.5 Å². The maximum absolute atomic E-state index is 12.8. The molecule has 0 aliphatic carbocycles. The number of nitrogens with one attached hydrogen (secondary N) is 1. The van der Waals surface area contributed by atoms with Crippen LogP contribution in [0, 0.1) is 11.8 Å². The van der Waals surface area contributed by atoms with Crippen molar-refractivity contribution in [3.05, 3.63) is 65.4 Å². The molecule has 1 N–H and O–H groups in total. The Balaban J connectivity index is 1.31. The lowest BCUT2D eigenvalue weighted by atomic mass is 9.91. The van der Waals surface area contributed by atoms with E-state index in [1.165, 1.54) is 5.01 Å². The molecule has 3 heterocycles. The summed E-state index contributed by atoms with van der Waals surface area (Å²) >= 11 is 0. The van der Waals surface area contributed by atoms with Gasteiger partial charge in [-0.3, -0.25) is 9.59 Å². The summed E-state index contributed by atoms with van der Waals surface area (Å²) in [5, 5.41) is 11.5. The van der Waals surface area contributed by atoms with Gasteiger partial charge in [-0.2, -0.15) is 10.2 Å². The maximum Gasteiger partial charge on any atom is 0.243 e. The Morgan fingerprint density at radius 1 is 0.974 bits per heavy atom. The van der Waals surface area contributed by atoms with Gasteiger partial charge in [0, 0.05) is 41.3 Å². The largest absolute Gasteiger partial charge is 0.494 e. The molecule has 9 nitrogen and oxygen atoms in total. The maximum atomic E-state index is 12.8. The Morgan fingerprint density at radius 2 is 1.74 bits per heavy atom. The number of hydrazone groups is 2. The number of hydrogen-bond donors (Lipinski definition) is 1. The van der Waals surface area contributed by atoms with E-state index < -0.39 is 0 Å². The minimum atomic E-state index is -0.0684. The molecule has 0 fully saturated rings. The average Bonchev–Trinajstić information content (AvgIpc) is 2.94. The van der Waals surface area contributed by atoms with Crippen molar-refractivity contribution in [2.75, 3.05) is 20.3 Å². The smallest absolute Gasteiger partial charge is 0.243 e. The summed E-state index contributed by atoms with van der Waals surface area (Å²) < 4.78 is 11.5. The van der Waals surface area contributed by atoms with Crippen molar-refractivity contribution in [3.63, 3.8) is 0 Å². The lowest BCUT2D eigenvalue weighted by molar-refractivity contribution is -0.133. The molecule has 3 aromatic rings. The minimum Gasteiger partial charge on any atom is -0.494 e. The van der Waals surface area contributed by atoms with E-state index in [0.29, 0.717) is 31.7 Å². The van der Waals surface area contributed by atoms with E-state index in [1.54, 1.807) is 7.11 Å². The summed E-state index contributed by atoms with van der Waals surface area (Å²) in [6.07, 6.45) is 1.63. The summed E-state index contributed by atoms with van der Waals surface area (Å²) in [6, 6.07) is 15.6. The fraction of sp³-hybridized carbons (Fsp3) is 0.367. The summed E-state index contributed by atoms with van der Waals surface area (Å²) in [6.45, 7) is 6.72. The molecule has 2 aliphatic rings. The number of nitrogens with zero attached hydrogens (tertiary/aromatic N) is 4. The van der Waals surface area contributed by atoms with Crippen LogP contribution in [-0.2, 0) is 16.0 Å². The van der Waals surface area contributed by atoms with Crippen LogP contribution in [0.2, 0.25) is 0 Å². The zero-order valence-corrected chi connectivity index (χ0v) is 22.7. The fourth-order valence-corrected chi connectivity index (χ4v) is 5.03. The molecule has 2 aliphatic heterocycles. The van der Waals surface area contributed by atoms with Gasteiger partial charge < -0.3 is 9.47 Å². The highest BCUT2D eigenvalue weighted by Crippen LogP contribution is 2.31. The van der Waals surface area contributed by atoms with Gasteiger partial charge in [0.2, 0.25) is 11.8 Å². The molecule has 9 heteroatoms. The third-order valence-corrected chi connectivity index (χ3v) is 7.18. The quantitative estimate of drug-likeness (QED) is 0.470. The highest BCUT2D eigenvalue weighted by atomic mass is 16.5. The predicted octanol–water partition coefficient (Wildman–Crippen LogP) is 4.32. The van der Waals surface area contributed by atoms with Gasteiger partial charge in [0.25, 0.3) is 0 Å². The molecule has 2 amide bonds. The van der Waals surface area contributed by atoms with Gasteiger partial charge in [0.05, 0.1) is 25.1 Å². The number of benzene rings is 2. The summed E-state index contributed by atoms with van der Waals surface area (Å²) in [5.41, 5.74) is 7.94. The van der Waals surface area contributed by atoms with E-state index >= 15 is 0 Å². The number of fused-ring (bicyclic) bond motifs is 1. The van der Waals surface area contributed by atoms with Crippen LogP contribution in [0.15, 0.2) is 58.7 Å². The first kappa shape index (κ1) is 26.3. The average molecular weight is 528 g/mol. The molecule has 1 aromatic heterocycles. The molecular formula is C30H33N5O4. The van der Waals surface area contributed by atoms with Crippen molar-refractivity contribution in [3.8, 4) is 11.5 Å². The standard InChI is InChI=1S/C30H33N5O4/c1-5-21-8-11-24-23(12-13-25(38-4)30(24)31-21)29-19(3)17-27(37)35(34-29)14-15-39-22-9-6-20(7-10-22)28-18(2)16-26(36)32-33-28/h6-13,18-19H,5,14-17H2,1-4H3,(H,32,36). The van der Waals surface area contributed by atoms with Crippen LogP contribution in [-0.4, -0.2) is 53.5 Å². The highest BCUT2D eigenvalue weighted by molar-refractivity contribution is 6.14. The van der Waals surface area contributed by atoms with E-state index in [-0.39, 0.29) is 23.7 Å². The van der Waals surface area contributed by atoms with Crippen molar-refractivity contribution in [2.45, 2.75) is 40.0 Å². The van der Waals surface area contributed by atoms with Gasteiger partial charge in [-0.05, 0) is 54.4 Å². The second-order valence-corrected chi connectivity index (χ2v) is 9.99. The minimum absolute atomic E-state index is 0.0271. The van der Waals surface area contributed by atoms with Gasteiger partial charge in [-0.15, -0.1) is 0 Å². The number of ether oxygens (including phenoxy) is 2. The topological polar surface area (TPSA) is 105 Å². The molecule has 0 radical (unpaired) electrons. The van der Waals surface area contributed by atoms with Crippen molar-refractivity contribution in [1.29, 1.82) is 0 Å². The molecule has 202 valence electrons. The second-order valence-electron chi connectivity index (χ2n) is 9.99. The van der Waals surface area contributed by atoms with Crippen molar-refractivity contribution in [2.24, 2.45) is 22.0 Å². The van der Waals surface area contributed by atoms with Gasteiger partial charge in [0.1, 0.15) is 23.6 Å². The molecule has 2 aromatic carbocycles. The predicted molar refractivity (Wildman–Crippen MR) is 150 cm³/mol. The second kappa shape index (κ2) is 11.2. The Bertz CT molecular complexity index is 1460. The lowest BCUT2D eigenvalue weighted by Gasteiger charge is -2.28. The molecule has 2 unspecified atom stereocenters. The molecule has 0 spiro atoms. The van der Waals surface area contributed by atoms with E-state index in [4.69, 9.17) is 19.6 Å². The first-order chi connectivity index (χ1) is 18.9. The van der Waals surface area contributed by atoms with E-state index in [9.17, 15) is 9.59 Å². The molecule has 5 rings (SSSR count). The van der Waals surface area contributed by atoms with Gasteiger partial charge in [-0.25, -0.2) is 15.4 Å². The Kier molecular flexibility index (Phi) is 7.58. The number of aromatic nitrogens is 1. The van der Waals surface area contributed by atoms with Gasteiger partial charge in [-0.1, -0.05) is 26.8 Å². The Morgan fingerprint density at radius 3 is 2.46 bits per heavy atom. The highest BCUT2D eigenvalue weighted by Gasteiger charge is 2.29. The van der Waals surface area contributed by atoms with Gasteiger partial charge in [0.15, 0.2) is 0 Å². The molecule has 2 atom stereocenters. The number of amides is 2. The first-order valence-electron chi connectivity index (χ1n) is 13.3. The van der Waals surface area contributed by atoms with Gasteiger partial charge >= 0.3 is 0 Å². The SMILES string of the molecule is CCc1ccc2c(C3=NN(CCOc4ccc(C5=NNC(=O)CC5C)cc4)C(=O)CC3C)ccc(OC)c2n1. The fourth-order valence-electron chi connectivity index (χ4n) is 5.03. The van der Waals surface area contributed by atoms with Crippen LogP contribution in [0.4, 0.5) is 0 Å². The molecule has 0 saturated heterocycles. The number of aryl methyl sites for hydroxylation is 1. The van der Waals surface area contributed by atoms with Crippen LogP contribution in [0.1, 0.15) is 50.4 Å². The van der Waals surface area contributed by atoms with Crippen LogP contribution in [0.25, 0.3) is 10.9 Å². The lowest BCUT2D eigenvalue weighted by Crippen LogP contribution is -2.38. The van der Waals surface area contributed by atoms with E-state index in [2.05, 4.69) is 23.5 Å². The van der Waals surface area contributed by atoms with Crippen LogP contribution in [0.3, 0.4) is 0 Å². The van der Waals surface area contributed by atoms with E-state index in [0.717, 1.165) is 51.3 Å². The zero-order chi connectivity index (χ0) is 27.5. The third kappa shape index (κ3) is 5.48. The van der Waals surface area contributed by atoms with Crippen LogP contribution < -0.4 is 14.9 Å². The molecule has 39 heavy (non-hydrogen) atoms. The molecule has 0 bridgehead atoms. The van der Waals surface area contributed by atoms with Crippen LogP contribution >= 0.6 is 0 Å². The number of carbonyl (C=O) groups is 2. The first-order valence-corrected chi connectivity index (χ1v) is 13.3. The summed E-state index contributed by atoms with van der Waals surface area (Å²) in [5.74, 6) is 1.34. The summed E-state index contributed by atoms with van der Waals surface area (Å²) in [4.78, 5) is 29.2. The Labute approximate surface area is 227 Å². The summed E-state index contributed by atoms with van der Waals surface area (Å²) in [7, 11) is 1.65. The Hall–Kier alpha value is -4.27. The normalized spacial score (nSPS) is 19.4. The van der Waals surface area contributed by atoms with Crippen molar-refractivity contribution >= 4 is 34.1 Å². The third-order valence-electron chi connectivity index (χ3n) is 7.18.